The Kier molecular flexibility index (Phi) is 4.27. The Labute approximate surface area is 114 Å². The first-order valence-corrected chi connectivity index (χ1v) is 6.77. The highest BCUT2D eigenvalue weighted by Gasteiger charge is 2.41. The SMILES string of the molecule is CC(NC(c1ccccc1)C(F)(F)F)c1cccs1. The maximum atomic E-state index is 13.1. The molecule has 1 nitrogen and oxygen atoms in total. The van der Waals surface area contributed by atoms with E-state index in [0.29, 0.717) is 0 Å². The lowest BCUT2D eigenvalue weighted by molar-refractivity contribution is -0.159. The molecule has 1 heterocycles. The first kappa shape index (κ1) is 14.1. The third kappa shape index (κ3) is 3.58. The van der Waals surface area contributed by atoms with Crippen molar-refractivity contribution in [2.24, 2.45) is 0 Å². The first-order valence-electron chi connectivity index (χ1n) is 5.89. The molecule has 1 aromatic carbocycles. The topological polar surface area (TPSA) is 12.0 Å². The highest BCUT2D eigenvalue weighted by molar-refractivity contribution is 7.10. The zero-order valence-electron chi connectivity index (χ0n) is 10.3. The smallest absolute Gasteiger partial charge is 0.295 e. The Balaban J connectivity index is 2.20. The van der Waals surface area contributed by atoms with Crippen LogP contribution in [-0.2, 0) is 0 Å². The second kappa shape index (κ2) is 5.75. The van der Waals surface area contributed by atoms with E-state index in [1.165, 1.54) is 23.5 Å². The summed E-state index contributed by atoms with van der Waals surface area (Å²) in [4.78, 5) is 0.894. The molecule has 2 unspecified atom stereocenters. The van der Waals surface area contributed by atoms with Crippen molar-refractivity contribution in [3.8, 4) is 0 Å². The van der Waals surface area contributed by atoms with E-state index in [9.17, 15) is 13.2 Å². The van der Waals surface area contributed by atoms with Crippen LogP contribution in [0.5, 0.6) is 0 Å². The average molecular weight is 285 g/mol. The zero-order valence-corrected chi connectivity index (χ0v) is 11.1. The van der Waals surface area contributed by atoms with Crippen LogP contribution >= 0.6 is 11.3 Å². The largest absolute Gasteiger partial charge is 0.407 e. The summed E-state index contributed by atoms with van der Waals surface area (Å²) in [6.07, 6.45) is -4.31. The number of rotatable bonds is 4. The van der Waals surface area contributed by atoms with Crippen molar-refractivity contribution in [2.75, 3.05) is 0 Å². The van der Waals surface area contributed by atoms with Crippen LogP contribution in [0.1, 0.15) is 29.4 Å². The lowest BCUT2D eigenvalue weighted by Gasteiger charge is -2.25. The van der Waals surface area contributed by atoms with Crippen LogP contribution in [0.4, 0.5) is 13.2 Å². The summed E-state index contributed by atoms with van der Waals surface area (Å²) in [5, 5.41) is 4.52. The summed E-state index contributed by atoms with van der Waals surface area (Å²) >= 11 is 1.45. The van der Waals surface area contributed by atoms with Gasteiger partial charge in [0.15, 0.2) is 0 Å². The van der Waals surface area contributed by atoms with Crippen molar-refractivity contribution in [3.63, 3.8) is 0 Å². The van der Waals surface area contributed by atoms with Gasteiger partial charge in [0.2, 0.25) is 0 Å². The van der Waals surface area contributed by atoms with Gasteiger partial charge >= 0.3 is 6.18 Å². The molecule has 0 amide bonds. The van der Waals surface area contributed by atoms with Crippen LogP contribution in [0.25, 0.3) is 0 Å². The lowest BCUT2D eigenvalue weighted by Crippen LogP contribution is -2.35. The monoisotopic (exact) mass is 285 g/mol. The van der Waals surface area contributed by atoms with Crippen molar-refractivity contribution >= 4 is 11.3 Å². The van der Waals surface area contributed by atoms with Gasteiger partial charge in [-0.25, -0.2) is 0 Å². The molecule has 0 saturated heterocycles. The summed E-state index contributed by atoms with van der Waals surface area (Å²) in [5.74, 6) is 0. The lowest BCUT2D eigenvalue weighted by atomic mass is 10.1. The molecule has 19 heavy (non-hydrogen) atoms. The van der Waals surface area contributed by atoms with Crippen LogP contribution in [0.2, 0.25) is 0 Å². The second-order valence-corrected chi connectivity index (χ2v) is 5.27. The molecule has 0 bridgehead atoms. The minimum atomic E-state index is -4.31. The molecular weight excluding hydrogens is 271 g/mol. The number of hydrogen-bond acceptors (Lipinski definition) is 2. The van der Waals surface area contributed by atoms with Crippen molar-refractivity contribution in [1.29, 1.82) is 0 Å². The number of nitrogens with one attached hydrogen (secondary N) is 1. The highest BCUT2D eigenvalue weighted by Crippen LogP contribution is 2.35. The fourth-order valence-electron chi connectivity index (χ4n) is 1.89. The number of alkyl halides is 3. The molecule has 0 aliphatic carbocycles. The van der Waals surface area contributed by atoms with Gasteiger partial charge in [0.05, 0.1) is 0 Å². The Bertz CT molecular complexity index is 493. The molecule has 0 saturated carbocycles. The third-order valence-corrected chi connectivity index (χ3v) is 3.90. The van der Waals surface area contributed by atoms with E-state index in [1.807, 2.05) is 17.5 Å². The van der Waals surface area contributed by atoms with E-state index in [1.54, 1.807) is 25.1 Å². The number of hydrogen-bond donors (Lipinski definition) is 1. The number of halogens is 3. The molecule has 0 fully saturated rings. The summed E-state index contributed by atoms with van der Waals surface area (Å²) in [6.45, 7) is 1.74. The standard InChI is InChI=1S/C14H14F3NS/c1-10(12-8-5-9-19-12)18-13(14(15,16)17)11-6-3-2-4-7-11/h2-10,13,18H,1H3. The van der Waals surface area contributed by atoms with E-state index >= 15 is 0 Å². The minimum Gasteiger partial charge on any atom is -0.295 e. The molecule has 0 aliphatic rings. The van der Waals surface area contributed by atoms with E-state index in [-0.39, 0.29) is 11.6 Å². The quantitative estimate of drug-likeness (QED) is 0.858. The minimum absolute atomic E-state index is 0.235. The number of benzene rings is 1. The van der Waals surface area contributed by atoms with Crippen LogP contribution in [0.3, 0.4) is 0 Å². The predicted molar refractivity (Wildman–Crippen MR) is 71.1 cm³/mol. The summed E-state index contributed by atoms with van der Waals surface area (Å²) < 4.78 is 39.4. The summed E-state index contributed by atoms with van der Waals surface area (Å²) in [5.41, 5.74) is 0.235. The van der Waals surface area contributed by atoms with Gasteiger partial charge in [0.25, 0.3) is 0 Å². The summed E-state index contributed by atoms with van der Waals surface area (Å²) in [7, 11) is 0. The Morgan fingerprint density at radius 1 is 1.05 bits per heavy atom. The van der Waals surface area contributed by atoms with Crippen LogP contribution in [-0.4, -0.2) is 6.18 Å². The van der Waals surface area contributed by atoms with Gasteiger partial charge < -0.3 is 0 Å². The van der Waals surface area contributed by atoms with Crippen molar-refractivity contribution in [1.82, 2.24) is 5.32 Å². The highest BCUT2D eigenvalue weighted by atomic mass is 32.1. The molecule has 102 valence electrons. The Morgan fingerprint density at radius 3 is 2.26 bits per heavy atom. The normalized spacial score (nSPS) is 15.2. The molecule has 1 N–H and O–H groups in total. The van der Waals surface area contributed by atoms with Crippen LogP contribution in [0.15, 0.2) is 47.8 Å². The van der Waals surface area contributed by atoms with Gasteiger partial charge in [0.1, 0.15) is 6.04 Å². The Hall–Kier alpha value is -1.33. The van der Waals surface area contributed by atoms with Crippen LogP contribution < -0.4 is 5.32 Å². The predicted octanol–water partition coefficient (Wildman–Crippen LogP) is 4.70. The Morgan fingerprint density at radius 2 is 1.74 bits per heavy atom. The number of thiophene rings is 1. The van der Waals surface area contributed by atoms with Crippen molar-refractivity contribution in [2.45, 2.75) is 25.2 Å². The fourth-order valence-corrected chi connectivity index (χ4v) is 2.64. The van der Waals surface area contributed by atoms with Gasteiger partial charge in [-0.2, -0.15) is 13.2 Å². The molecule has 2 atom stereocenters. The first-order chi connectivity index (χ1) is 8.98. The maximum absolute atomic E-state index is 13.1. The molecule has 2 aromatic rings. The van der Waals surface area contributed by atoms with Gasteiger partial charge in [-0.3, -0.25) is 5.32 Å². The fraction of sp³-hybridized carbons (Fsp3) is 0.286. The molecule has 0 spiro atoms. The van der Waals surface area contributed by atoms with Crippen molar-refractivity contribution < 1.29 is 13.2 Å². The molecule has 0 aliphatic heterocycles. The van der Waals surface area contributed by atoms with Gasteiger partial charge in [-0.1, -0.05) is 36.4 Å². The van der Waals surface area contributed by atoms with E-state index in [0.717, 1.165) is 4.88 Å². The third-order valence-electron chi connectivity index (χ3n) is 2.85. The second-order valence-electron chi connectivity index (χ2n) is 4.29. The van der Waals surface area contributed by atoms with E-state index in [2.05, 4.69) is 5.32 Å². The maximum Gasteiger partial charge on any atom is 0.407 e. The van der Waals surface area contributed by atoms with Gasteiger partial charge in [-0.05, 0) is 23.9 Å². The molecular formula is C14H14F3NS. The molecule has 1 aromatic heterocycles. The van der Waals surface area contributed by atoms with Crippen LogP contribution in [0, 0.1) is 0 Å². The van der Waals surface area contributed by atoms with E-state index in [4.69, 9.17) is 0 Å². The van der Waals surface area contributed by atoms with E-state index < -0.39 is 12.2 Å². The summed E-state index contributed by atoms with van der Waals surface area (Å²) in [6, 6.07) is 9.61. The molecule has 0 radical (unpaired) electrons. The average Bonchev–Trinajstić information content (AvgIpc) is 2.89. The zero-order chi connectivity index (χ0) is 13.9. The molecule has 2 rings (SSSR count). The van der Waals surface area contributed by atoms with Crippen molar-refractivity contribution in [3.05, 3.63) is 58.3 Å². The molecule has 5 heteroatoms. The van der Waals surface area contributed by atoms with Gasteiger partial charge in [-0.15, -0.1) is 11.3 Å². The van der Waals surface area contributed by atoms with Gasteiger partial charge in [0, 0.05) is 10.9 Å².